The Bertz CT molecular complexity index is 780. The van der Waals surface area contributed by atoms with Gasteiger partial charge in [0.1, 0.15) is 0 Å². The first-order chi connectivity index (χ1) is 11.7. The van der Waals surface area contributed by atoms with Crippen LogP contribution >= 0.6 is 34.4 Å². The molecule has 0 aliphatic heterocycles. The van der Waals surface area contributed by atoms with Crippen molar-refractivity contribution in [3.8, 4) is 10.7 Å². The Labute approximate surface area is 153 Å². The third-order valence-electron chi connectivity index (χ3n) is 3.44. The van der Waals surface area contributed by atoms with E-state index in [1.165, 1.54) is 11.8 Å². The monoisotopic (exact) mass is 378 g/mol. The van der Waals surface area contributed by atoms with E-state index in [9.17, 15) is 4.79 Å². The predicted molar refractivity (Wildman–Crippen MR) is 100 cm³/mol. The highest BCUT2D eigenvalue weighted by molar-refractivity contribution is 8.00. The largest absolute Gasteiger partial charge is 0.350 e. The van der Waals surface area contributed by atoms with E-state index in [2.05, 4.69) is 27.0 Å². The molecule has 5 nitrogen and oxygen atoms in total. The third-order valence-corrected chi connectivity index (χ3v) is 6.27. The molecule has 0 bridgehead atoms. The fourth-order valence-corrected chi connectivity index (χ4v) is 4.49. The van der Waals surface area contributed by atoms with Crippen LogP contribution in [-0.2, 0) is 17.9 Å². The molecule has 0 aromatic carbocycles. The summed E-state index contributed by atoms with van der Waals surface area (Å²) in [5.41, 5.74) is 0. The SMILES string of the molecule is CCn1c(SC(C)C(=O)NCc2cccs2)nnc1-c1cccs1. The Hall–Kier alpha value is -1.64. The molecule has 0 radical (unpaired) electrons. The number of carbonyl (C=O) groups excluding carboxylic acids is 1. The van der Waals surface area contributed by atoms with Crippen molar-refractivity contribution in [2.24, 2.45) is 0 Å². The second-order valence-corrected chi connectivity index (χ2v) is 8.37. The van der Waals surface area contributed by atoms with Gasteiger partial charge in [-0.25, -0.2) is 0 Å². The van der Waals surface area contributed by atoms with Crippen molar-refractivity contribution < 1.29 is 4.79 Å². The van der Waals surface area contributed by atoms with Crippen molar-refractivity contribution in [2.45, 2.75) is 37.3 Å². The van der Waals surface area contributed by atoms with E-state index in [1.807, 2.05) is 41.9 Å². The molecule has 1 unspecified atom stereocenters. The molecule has 3 rings (SSSR count). The molecule has 0 saturated heterocycles. The maximum atomic E-state index is 12.3. The van der Waals surface area contributed by atoms with Crippen molar-refractivity contribution in [1.82, 2.24) is 20.1 Å². The zero-order valence-electron chi connectivity index (χ0n) is 13.4. The van der Waals surface area contributed by atoms with Crippen molar-refractivity contribution in [2.75, 3.05) is 0 Å². The van der Waals surface area contributed by atoms with Crippen molar-refractivity contribution >= 4 is 40.3 Å². The lowest BCUT2D eigenvalue weighted by atomic mass is 10.4. The van der Waals surface area contributed by atoms with Crippen LogP contribution in [0.25, 0.3) is 10.7 Å². The lowest BCUT2D eigenvalue weighted by Gasteiger charge is -2.12. The van der Waals surface area contributed by atoms with E-state index < -0.39 is 0 Å². The normalized spacial score (nSPS) is 12.2. The zero-order chi connectivity index (χ0) is 16.9. The van der Waals surface area contributed by atoms with Gasteiger partial charge in [0.25, 0.3) is 0 Å². The van der Waals surface area contributed by atoms with Gasteiger partial charge >= 0.3 is 0 Å². The number of rotatable bonds is 7. The molecule has 0 fully saturated rings. The van der Waals surface area contributed by atoms with E-state index in [0.717, 1.165) is 27.3 Å². The molecule has 0 spiro atoms. The molecule has 1 amide bonds. The second kappa shape index (κ2) is 7.96. The molecular formula is C16H18N4OS3. The molecule has 0 saturated carbocycles. The van der Waals surface area contributed by atoms with Crippen LogP contribution in [-0.4, -0.2) is 25.9 Å². The minimum absolute atomic E-state index is 0.0109. The number of carbonyl (C=O) groups is 1. The van der Waals surface area contributed by atoms with Crippen LogP contribution in [0, 0.1) is 0 Å². The van der Waals surface area contributed by atoms with Crippen LogP contribution in [0.15, 0.2) is 40.2 Å². The van der Waals surface area contributed by atoms with E-state index in [1.54, 1.807) is 22.7 Å². The Morgan fingerprint density at radius 3 is 2.75 bits per heavy atom. The molecule has 1 atom stereocenters. The lowest BCUT2D eigenvalue weighted by Crippen LogP contribution is -2.30. The van der Waals surface area contributed by atoms with E-state index in [0.29, 0.717) is 6.54 Å². The Morgan fingerprint density at radius 1 is 1.29 bits per heavy atom. The van der Waals surface area contributed by atoms with Crippen LogP contribution in [0.1, 0.15) is 18.7 Å². The standard InChI is InChI=1S/C16H18N4OS3/c1-3-20-14(13-7-5-9-23-13)18-19-16(20)24-11(2)15(21)17-10-12-6-4-8-22-12/h4-9,11H,3,10H2,1-2H3,(H,17,21). The Morgan fingerprint density at radius 2 is 2.08 bits per heavy atom. The fraction of sp³-hybridized carbons (Fsp3) is 0.312. The summed E-state index contributed by atoms with van der Waals surface area (Å²) in [6.45, 7) is 5.30. The first-order valence-electron chi connectivity index (χ1n) is 7.63. The lowest BCUT2D eigenvalue weighted by molar-refractivity contribution is -0.120. The van der Waals surface area contributed by atoms with Gasteiger partial charge < -0.3 is 9.88 Å². The summed E-state index contributed by atoms with van der Waals surface area (Å²) in [6.07, 6.45) is 0. The average Bonchev–Trinajstić information content (AvgIpc) is 3.32. The zero-order valence-corrected chi connectivity index (χ0v) is 15.9. The summed E-state index contributed by atoms with van der Waals surface area (Å²) in [6, 6.07) is 8.04. The van der Waals surface area contributed by atoms with Gasteiger partial charge in [-0.1, -0.05) is 23.9 Å². The maximum absolute atomic E-state index is 12.3. The number of amides is 1. The van der Waals surface area contributed by atoms with Gasteiger partial charge in [-0.05, 0) is 36.7 Å². The van der Waals surface area contributed by atoms with Crippen LogP contribution < -0.4 is 5.32 Å². The summed E-state index contributed by atoms with van der Waals surface area (Å²) in [5, 5.41) is 16.1. The van der Waals surface area contributed by atoms with E-state index >= 15 is 0 Å². The van der Waals surface area contributed by atoms with Crippen molar-refractivity contribution in [3.05, 3.63) is 39.9 Å². The molecule has 3 aromatic heterocycles. The van der Waals surface area contributed by atoms with Gasteiger partial charge in [0.05, 0.1) is 16.7 Å². The van der Waals surface area contributed by atoms with Gasteiger partial charge in [0.15, 0.2) is 11.0 Å². The number of hydrogen-bond donors (Lipinski definition) is 1. The smallest absolute Gasteiger partial charge is 0.233 e. The van der Waals surface area contributed by atoms with Gasteiger partial charge in [-0.15, -0.1) is 32.9 Å². The first kappa shape index (κ1) is 17.2. The number of nitrogens with one attached hydrogen (secondary N) is 1. The van der Waals surface area contributed by atoms with Crippen LogP contribution in [0.3, 0.4) is 0 Å². The Kier molecular flexibility index (Phi) is 5.70. The number of hydrogen-bond acceptors (Lipinski definition) is 6. The predicted octanol–water partition coefficient (Wildman–Crippen LogP) is 3.89. The molecule has 3 heterocycles. The van der Waals surface area contributed by atoms with E-state index in [4.69, 9.17) is 0 Å². The molecule has 24 heavy (non-hydrogen) atoms. The van der Waals surface area contributed by atoms with Crippen molar-refractivity contribution in [1.29, 1.82) is 0 Å². The highest BCUT2D eigenvalue weighted by Gasteiger charge is 2.20. The highest BCUT2D eigenvalue weighted by atomic mass is 32.2. The van der Waals surface area contributed by atoms with Crippen LogP contribution in [0.2, 0.25) is 0 Å². The summed E-state index contributed by atoms with van der Waals surface area (Å²) >= 11 is 4.73. The van der Waals surface area contributed by atoms with Gasteiger partial charge in [0.2, 0.25) is 5.91 Å². The molecule has 1 N–H and O–H groups in total. The topological polar surface area (TPSA) is 59.8 Å². The summed E-state index contributed by atoms with van der Waals surface area (Å²) in [5.74, 6) is 0.873. The number of thiophene rings is 2. The summed E-state index contributed by atoms with van der Waals surface area (Å²) in [7, 11) is 0. The minimum Gasteiger partial charge on any atom is -0.350 e. The molecule has 0 aliphatic carbocycles. The molecule has 8 heteroatoms. The summed E-state index contributed by atoms with van der Waals surface area (Å²) < 4.78 is 2.06. The average molecular weight is 379 g/mol. The number of nitrogens with zero attached hydrogens (tertiary/aromatic N) is 3. The molecule has 3 aromatic rings. The van der Waals surface area contributed by atoms with Gasteiger partial charge in [-0.2, -0.15) is 0 Å². The highest BCUT2D eigenvalue weighted by Crippen LogP contribution is 2.29. The second-order valence-electron chi connectivity index (χ2n) is 5.08. The van der Waals surface area contributed by atoms with E-state index in [-0.39, 0.29) is 11.2 Å². The quantitative estimate of drug-likeness (QED) is 0.634. The Balaban J connectivity index is 1.65. The maximum Gasteiger partial charge on any atom is 0.233 e. The molecule has 126 valence electrons. The van der Waals surface area contributed by atoms with Crippen molar-refractivity contribution in [3.63, 3.8) is 0 Å². The third kappa shape index (κ3) is 3.88. The van der Waals surface area contributed by atoms with Gasteiger partial charge in [-0.3, -0.25) is 4.79 Å². The number of thioether (sulfide) groups is 1. The molecule has 0 aliphatic rings. The fourth-order valence-electron chi connectivity index (χ4n) is 2.19. The van der Waals surface area contributed by atoms with Crippen LogP contribution in [0.5, 0.6) is 0 Å². The van der Waals surface area contributed by atoms with Gasteiger partial charge in [0, 0.05) is 11.4 Å². The molecular weight excluding hydrogens is 360 g/mol. The summed E-state index contributed by atoms with van der Waals surface area (Å²) in [4.78, 5) is 14.5. The number of aromatic nitrogens is 3. The van der Waals surface area contributed by atoms with Crippen LogP contribution in [0.4, 0.5) is 0 Å². The first-order valence-corrected chi connectivity index (χ1v) is 10.3. The minimum atomic E-state index is -0.226.